The van der Waals surface area contributed by atoms with Gasteiger partial charge < -0.3 is 5.11 Å². The minimum absolute atomic E-state index is 0.296. The molecular weight excluding hydrogens is 196 g/mol. The zero-order valence-electron chi connectivity index (χ0n) is 9.99. The SMILES string of the molecule is OCCCc1ccc(C2CCCCC2)cc1. The van der Waals surface area contributed by atoms with Gasteiger partial charge in [0, 0.05) is 6.61 Å². The molecule has 1 fully saturated rings. The standard InChI is InChI=1S/C15H22O/c16-12-4-5-13-8-10-15(11-9-13)14-6-2-1-3-7-14/h8-11,14,16H,1-7,12H2. The lowest BCUT2D eigenvalue weighted by Gasteiger charge is -2.22. The van der Waals surface area contributed by atoms with Gasteiger partial charge in [-0.25, -0.2) is 0 Å². The molecule has 0 unspecified atom stereocenters. The van der Waals surface area contributed by atoms with Crippen molar-refractivity contribution in [1.82, 2.24) is 0 Å². The highest BCUT2D eigenvalue weighted by molar-refractivity contribution is 5.25. The van der Waals surface area contributed by atoms with Crippen molar-refractivity contribution in [3.05, 3.63) is 35.4 Å². The first kappa shape index (κ1) is 11.7. The first-order valence-electron chi connectivity index (χ1n) is 6.60. The molecule has 0 amide bonds. The summed E-state index contributed by atoms with van der Waals surface area (Å²) in [6.45, 7) is 0.296. The van der Waals surface area contributed by atoms with Crippen LogP contribution in [0.25, 0.3) is 0 Å². The van der Waals surface area contributed by atoms with Gasteiger partial charge in [0.25, 0.3) is 0 Å². The van der Waals surface area contributed by atoms with Crippen molar-refractivity contribution in [2.24, 2.45) is 0 Å². The molecule has 0 heterocycles. The predicted octanol–water partition coefficient (Wildman–Crippen LogP) is 3.66. The van der Waals surface area contributed by atoms with Crippen LogP contribution in [-0.2, 0) is 6.42 Å². The second kappa shape index (κ2) is 6.05. The monoisotopic (exact) mass is 218 g/mol. The molecule has 0 spiro atoms. The zero-order valence-corrected chi connectivity index (χ0v) is 9.99. The molecular formula is C15H22O. The van der Waals surface area contributed by atoms with Gasteiger partial charge in [0.05, 0.1) is 0 Å². The molecule has 1 aromatic rings. The molecule has 88 valence electrons. The average Bonchev–Trinajstić information content (AvgIpc) is 2.38. The highest BCUT2D eigenvalue weighted by atomic mass is 16.2. The Bertz CT molecular complexity index is 296. The number of aliphatic hydroxyl groups excluding tert-OH is 1. The van der Waals surface area contributed by atoms with E-state index in [1.54, 1.807) is 0 Å². The number of rotatable bonds is 4. The summed E-state index contributed by atoms with van der Waals surface area (Å²) in [4.78, 5) is 0. The van der Waals surface area contributed by atoms with Gasteiger partial charge in [0.15, 0.2) is 0 Å². The van der Waals surface area contributed by atoms with E-state index in [0.717, 1.165) is 18.8 Å². The molecule has 0 aromatic heterocycles. The second-order valence-electron chi connectivity index (χ2n) is 4.90. The zero-order chi connectivity index (χ0) is 11.2. The van der Waals surface area contributed by atoms with Gasteiger partial charge in [-0.15, -0.1) is 0 Å². The third-order valence-electron chi connectivity index (χ3n) is 3.68. The van der Waals surface area contributed by atoms with E-state index in [4.69, 9.17) is 5.11 Å². The van der Waals surface area contributed by atoms with Gasteiger partial charge in [-0.1, -0.05) is 43.5 Å². The third kappa shape index (κ3) is 3.08. The maximum absolute atomic E-state index is 8.79. The van der Waals surface area contributed by atoms with Crippen LogP contribution in [0.4, 0.5) is 0 Å². The summed E-state index contributed by atoms with van der Waals surface area (Å²) in [5.74, 6) is 0.806. The van der Waals surface area contributed by atoms with Gasteiger partial charge in [0.1, 0.15) is 0 Å². The highest BCUT2D eigenvalue weighted by Crippen LogP contribution is 2.32. The molecule has 2 rings (SSSR count). The number of benzene rings is 1. The van der Waals surface area contributed by atoms with E-state index in [0.29, 0.717) is 6.61 Å². The van der Waals surface area contributed by atoms with Gasteiger partial charge in [-0.3, -0.25) is 0 Å². The lowest BCUT2D eigenvalue weighted by Crippen LogP contribution is -2.04. The van der Waals surface area contributed by atoms with E-state index >= 15 is 0 Å². The van der Waals surface area contributed by atoms with E-state index in [1.165, 1.54) is 43.2 Å². The molecule has 1 aliphatic rings. The minimum atomic E-state index is 0.296. The maximum Gasteiger partial charge on any atom is 0.0434 e. The normalized spacial score (nSPS) is 17.6. The summed E-state index contributed by atoms with van der Waals surface area (Å²) in [5, 5.41) is 8.79. The molecule has 1 heteroatoms. The van der Waals surface area contributed by atoms with Crippen molar-refractivity contribution < 1.29 is 5.11 Å². The van der Waals surface area contributed by atoms with Crippen molar-refractivity contribution in [2.75, 3.05) is 6.61 Å². The van der Waals surface area contributed by atoms with Gasteiger partial charge >= 0.3 is 0 Å². The quantitative estimate of drug-likeness (QED) is 0.817. The first-order chi connectivity index (χ1) is 7.90. The van der Waals surface area contributed by atoms with E-state index in [1.807, 2.05) is 0 Å². The molecule has 16 heavy (non-hydrogen) atoms. The van der Waals surface area contributed by atoms with Crippen LogP contribution in [0.5, 0.6) is 0 Å². The average molecular weight is 218 g/mol. The molecule has 0 aliphatic heterocycles. The summed E-state index contributed by atoms with van der Waals surface area (Å²) < 4.78 is 0. The van der Waals surface area contributed by atoms with Crippen LogP contribution in [-0.4, -0.2) is 11.7 Å². The summed E-state index contributed by atoms with van der Waals surface area (Å²) in [6.07, 6.45) is 8.84. The first-order valence-corrected chi connectivity index (χ1v) is 6.60. The summed E-state index contributed by atoms with van der Waals surface area (Å²) in [7, 11) is 0. The van der Waals surface area contributed by atoms with Gasteiger partial charge in [0.2, 0.25) is 0 Å². The summed E-state index contributed by atoms with van der Waals surface area (Å²) in [6, 6.07) is 9.06. The van der Waals surface area contributed by atoms with Crippen LogP contribution in [0.2, 0.25) is 0 Å². The Morgan fingerprint density at radius 3 is 2.31 bits per heavy atom. The molecule has 1 aromatic carbocycles. The molecule has 1 nitrogen and oxygen atoms in total. The number of aryl methyl sites for hydroxylation is 1. The van der Waals surface area contributed by atoms with E-state index in [-0.39, 0.29) is 0 Å². The number of hydrogen-bond donors (Lipinski definition) is 1. The molecule has 0 bridgehead atoms. The van der Waals surface area contributed by atoms with E-state index in [2.05, 4.69) is 24.3 Å². The Balaban J connectivity index is 1.95. The fraction of sp³-hybridized carbons (Fsp3) is 0.600. The van der Waals surface area contributed by atoms with Crippen molar-refractivity contribution >= 4 is 0 Å². The maximum atomic E-state index is 8.79. The Kier molecular flexibility index (Phi) is 4.41. The summed E-state index contributed by atoms with van der Waals surface area (Å²) in [5.41, 5.74) is 2.88. The second-order valence-corrected chi connectivity index (χ2v) is 4.90. The highest BCUT2D eigenvalue weighted by Gasteiger charge is 2.14. The Hall–Kier alpha value is -0.820. The van der Waals surface area contributed by atoms with E-state index in [9.17, 15) is 0 Å². The molecule has 1 N–H and O–H groups in total. The predicted molar refractivity (Wildman–Crippen MR) is 67.7 cm³/mol. The Labute approximate surface area is 98.5 Å². The van der Waals surface area contributed by atoms with Crippen molar-refractivity contribution in [1.29, 1.82) is 0 Å². The van der Waals surface area contributed by atoms with Crippen LogP contribution in [0.1, 0.15) is 55.6 Å². The Morgan fingerprint density at radius 1 is 1.00 bits per heavy atom. The number of hydrogen-bond acceptors (Lipinski definition) is 1. The fourth-order valence-corrected chi connectivity index (χ4v) is 2.68. The smallest absolute Gasteiger partial charge is 0.0434 e. The fourth-order valence-electron chi connectivity index (χ4n) is 2.68. The summed E-state index contributed by atoms with van der Waals surface area (Å²) >= 11 is 0. The van der Waals surface area contributed by atoms with Crippen LogP contribution in [0.15, 0.2) is 24.3 Å². The number of aliphatic hydroxyl groups is 1. The molecule has 1 saturated carbocycles. The Morgan fingerprint density at radius 2 is 1.69 bits per heavy atom. The lowest BCUT2D eigenvalue weighted by molar-refractivity contribution is 0.288. The van der Waals surface area contributed by atoms with Crippen LogP contribution in [0, 0.1) is 0 Å². The van der Waals surface area contributed by atoms with Crippen molar-refractivity contribution in [3.8, 4) is 0 Å². The van der Waals surface area contributed by atoms with Crippen molar-refractivity contribution in [2.45, 2.75) is 50.9 Å². The van der Waals surface area contributed by atoms with Gasteiger partial charge in [-0.2, -0.15) is 0 Å². The molecule has 0 radical (unpaired) electrons. The van der Waals surface area contributed by atoms with Crippen LogP contribution >= 0.6 is 0 Å². The topological polar surface area (TPSA) is 20.2 Å². The van der Waals surface area contributed by atoms with Crippen LogP contribution < -0.4 is 0 Å². The van der Waals surface area contributed by atoms with E-state index < -0.39 is 0 Å². The van der Waals surface area contributed by atoms with Crippen LogP contribution in [0.3, 0.4) is 0 Å². The molecule has 1 aliphatic carbocycles. The molecule has 0 saturated heterocycles. The third-order valence-corrected chi connectivity index (χ3v) is 3.68. The molecule has 0 atom stereocenters. The lowest BCUT2D eigenvalue weighted by atomic mass is 9.84. The van der Waals surface area contributed by atoms with Crippen molar-refractivity contribution in [3.63, 3.8) is 0 Å². The van der Waals surface area contributed by atoms with Gasteiger partial charge in [-0.05, 0) is 42.7 Å². The minimum Gasteiger partial charge on any atom is -0.396 e. The largest absolute Gasteiger partial charge is 0.396 e.